The smallest absolute Gasteiger partial charge is 0.276 e. The van der Waals surface area contributed by atoms with E-state index in [1.165, 1.54) is 12.4 Å². The predicted molar refractivity (Wildman–Crippen MR) is 82.8 cm³/mol. The molecule has 0 saturated heterocycles. The van der Waals surface area contributed by atoms with E-state index < -0.39 is 11.3 Å². The third-order valence-corrected chi connectivity index (χ3v) is 3.40. The number of carbonyl (C=O) groups excluding carboxylic acids is 1. The zero-order chi connectivity index (χ0) is 15.5. The summed E-state index contributed by atoms with van der Waals surface area (Å²) in [6.45, 7) is 0.283. The van der Waals surface area contributed by atoms with Crippen molar-refractivity contribution in [3.8, 4) is 0 Å². The van der Waals surface area contributed by atoms with E-state index in [1.807, 2.05) is 0 Å². The van der Waals surface area contributed by atoms with Crippen molar-refractivity contribution in [2.75, 3.05) is 0 Å². The summed E-state index contributed by atoms with van der Waals surface area (Å²) >= 11 is 5.80. The molecule has 0 atom stereocenters. The third kappa shape index (κ3) is 2.82. The number of nitrogens with zero attached hydrogens (tertiary/aromatic N) is 2. The molecule has 0 spiro atoms. The highest BCUT2D eigenvalue weighted by atomic mass is 35.5. The van der Waals surface area contributed by atoms with E-state index in [1.54, 1.807) is 30.3 Å². The van der Waals surface area contributed by atoms with Crippen molar-refractivity contribution >= 4 is 28.4 Å². The predicted octanol–water partition coefficient (Wildman–Crippen LogP) is 1.90. The molecule has 0 aliphatic heterocycles. The number of hydrogen-bond acceptors (Lipinski definition) is 4. The number of pyridine rings is 1. The van der Waals surface area contributed by atoms with Gasteiger partial charge in [0.25, 0.3) is 5.91 Å². The van der Waals surface area contributed by atoms with Gasteiger partial charge in [0, 0.05) is 17.8 Å². The number of fused-ring (bicyclic) bond motifs is 1. The molecule has 1 aromatic carbocycles. The number of amides is 1. The topological polar surface area (TPSA) is 87.7 Å². The quantitative estimate of drug-likeness (QED) is 0.773. The standard InChI is InChI=1S/C15H11ClN4O2/c16-10-3-1-9(2-4-10)7-18-15(22)13-14(21)11-5-6-17-8-12(11)19-20-13/h1-6,8H,7H2,(H,18,22)(H,19,21). The average Bonchev–Trinajstić information content (AvgIpc) is 2.55. The Balaban J connectivity index is 1.82. The molecule has 6 nitrogen and oxygen atoms in total. The van der Waals surface area contributed by atoms with Crippen LogP contribution in [0, 0.1) is 0 Å². The van der Waals surface area contributed by atoms with Crippen LogP contribution in [-0.4, -0.2) is 21.1 Å². The highest BCUT2D eigenvalue weighted by Crippen LogP contribution is 2.09. The lowest BCUT2D eigenvalue weighted by Crippen LogP contribution is -2.30. The van der Waals surface area contributed by atoms with E-state index in [0.29, 0.717) is 15.9 Å². The Bertz CT molecular complexity index is 890. The van der Waals surface area contributed by atoms with Gasteiger partial charge < -0.3 is 5.32 Å². The zero-order valence-electron chi connectivity index (χ0n) is 11.3. The Hall–Kier alpha value is -2.73. The van der Waals surface area contributed by atoms with Crippen molar-refractivity contribution in [3.05, 3.63) is 69.2 Å². The van der Waals surface area contributed by atoms with Gasteiger partial charge in [0.2, 0.25) is 5.43 Å². The fourth-order valence-electron chi connectivity index (χ4n) is 2.00. The lowest BCUT2D eigenvalue weighted by molar-refractivity contribution is 0.0944. The van der Waals surface area contributed by atoms with Crippen LogP contribution in [0.15, 0.2) is 47.5 Å². The first-order valence-corrected chi connectivity index (χ1v) is 6.88. The molecule has 0 bridgehead atoms. The largest absolute Gasteiger partial charge is 0.346 e. The number of rotatable bonds is 3. The number of aromatic nitrogens is 3. The molecule has 22 heavy (non-hydrogen) atoms. The maximum absolute atomic E-state index is 12.2. The number of nitrogens with one attached hydrogen (secondary N) is 2. The summed E-state index contributed by atoms with van der Waals surface area (Å²) in [5.41, 5.74) is 0.762. The molecule has 3 rings (SSSR count). The maximum Gasteiger partial charge on any atom is 0.276 e. The molecule has 2 N–H and O–H groups in total. The minimum atomic E-state index is -0.532. The second kappa shape index (κ2) is 5.95. The summed E-state index contributed by atoms with van der Waals surface area (Å²) in [7, 11) is 0. The lowest BCUT2D eigenvalue weighted by atomic mass is 10.2. The minimum Gasteiger partial charge on any atom is -0.346 e. The number of hydrogen-bond donors (Lipinski definition) is 2. The van der Waals surface area contributed by atoms with E-state index in [2.05, 4.69) is 20.5 Å². The summed E-state index contributed by atoms with van der Waals surface area (Å²) in [5.74, 6) is -0.532. The molecule has 2 heterocycles. The number of benzene rings is 1. The van der Waals surface area contributed by atoms with E-state index in [0.717, 1.165) is 5.56 Å². The second-order valence-electron chi connectivity index (χ2n) is 4.63. The molecule has 2 aromatic heterocycles. The van der Waals surface area contributed by atoms with Gasteiger partial charge in [-0.3, -0.25) is 19.7 Å². The maximum atomic E-state index is 12.2. The van der Waals surface area contributed by atoms with Gasteiger partial charge >= 0.3 is 0 Å². The van der Waals surface area contributed by atoms with Gasteiger partial charge in [-0.05, 0) is 23.8 Å². The van der Waals surface area contributed by atoms with E-state index in [9.17, 15) is 9.59 Å². The van der Waals surface area contributed by atoms with Crippen LogP contribution in [0.1, 0.15) is 16.1 Å². The van der Waals surface area contributed by atoms with Crippen molar-refractivity contribution in [1.29, 1.82) is 0 Å². The normalized spacial score (nSPS) is 10.6. The SMILES string of the molecule is O=C(NCc1ccc(Cl)cc1)c1n[nH]c2cnccc2c1=O. The highest BCUT2D eigenvalue weighted by molar-refractivity contribution is 6.30. The van der Waals surface area contributed by atoms with Crippen LogP contribution in [0.5, 0.6) is 0 Å². The van der Waals surface area contributed by atoms with E-state index >= 15 is 0 Å². The Morgan fingerprint density at radius 1 is 1.23 bits per heavy atom. The van der Waals surface area contributed by atoms with Crippen molar-refractivity contribution in [2.45, 2.75) is 6.54 Å². The fourth-order valence-corrected chi connectivity index (χ4v) is 2.12. The van der Waals surface area contributed by atoms with E-state index in [4.69, 9.17) is 11.6 Å². The Labute approximate surface area is 130 Å². The molecule has 110 valence electrons. The van der Waals surface area contributed by atoms with Crippen LogP contribution in [-0.2, 0) is 6.54 Å². The van der Waals surface area contributed by atoms with Gasteiger partial charge in [0.1, 0.15) is 0 Å². The zero-order valence-corrected chi connectivity index (χ0v) is 12.1. The average molecular weight is 315 g/mol. The van der Waals surface area contributed by atoms with Gasteiger partial charge in [-0.25, -0.2) is 0 Å². The summed E-state index contributed by atoms with van der Waals surface area (Å²) in [6.07, 6.45) is 2.98. The number of aromatic amines is 1. The number of carbonyl (C=O) groups is 1. The van der Waals surface area contributed by atoms with Crippen molar-refractivity contribution in [3.63, 3.8) is 0 Å². The fraction of sp³-hybridized carbons (Fsp3) is 0.0667. The Kier molecular flexibility index (Phi) is 3.84. The van der Waals surface area contributed by atoms with Crippen LogP contribution in [0.2, 0.25) is 5.02 Å². The van der Waals surface area contributed by atoms with Gasteiger partial charge in [-0.15, -0.1) is 0 Å². The lowest BCUT2D eigenvalue weighted by Gasteiger charge is -2.05. The highest BCUT2D eigenvalue weighted by Gasteiger charge is 2.14. The molecule has 0 unspecified atom stereocenters. The first kappa shape index (κ1) is 14.2. The molecule has 0 aliphatic rings. The molecule has 0 saturated carbocycles. The van der Waals surface area contributed by atoms with Gasteiger partial charge in [-0.2, -0.15) is 5.10 Å². The summed E-state index contributed by atoms with van der Waals surface area (Å²) < 4.78 is 0. The van der Waals surface area contributed by atoms with Crippen LogP contribution >= 0.6 is 11.6 Å². The molecule has 7 heteroatoms. The van der Waals surface area contributed by atoms with E-state index in [-0.39, 0.29) is 12.2 Å². The summed E-state index contributed by atoms with van der Waals surface area (Å²) in [5, 5.41) is 10.1. The van der Waals surface area contributed by atoms with Crippen LogP contribution in [0.4, 0.5) is 0 Å². The minimum absolute atomic E-state index is 0.173. The van der Waals surface area contributed by atoms with Gasteiger partial charge in [-0.1, -0.05) is 23.7 Å². The molecule has 0 aliphatic carbocycles. The summed E-state index contributed by atoms with van der Waals surface area (Å²) in [6, 6.07) is 8.61. The monoisotopic (exact) mass is 314 g/mol. The molecule has 0 radical (unpaired) electrons. The number of halogens is 1. The molecular formula is C15H11ClN4O2. The first-order valence-electron chi connectivity index (χ1n) is 6.50. The third-order valence-electron chi connectivity index (χ3n) is 3.15. The summed E-state index contributed by atoms with van der Waals surface area (Å²) in [4.78, 5) is 28.2. The van der Waals surface area contributed by atoms with Gasteiger partial charge in [0.05, 0.1) is 17.1 Å². The van der Waals surface area contributed by atoms with Gasteiger partial charge in [0.15, 0.2) is 5.69 Å². The molecule has 0 fully saturated rings. The molecule has 3 aromatic rings. The second-order valence-corrected chi connectivity index (χ2v) is 5.07. The number of H-pyrrole nitrogens is 1. The van der Waals surface area contributed by atoms with Crippen LogP contribution in [0.3, 0.4) is 0 Å². The van der Waals surface area contributed by atoms with Crippen LogP contribution < -0.4 is 10.7 Å². The van der Waals surface area contributed by atoms with Crippen LogP contribution in [0.25, 0.3) is 10.9 Å². The van der Waals surface area contributed by atoms with Crippen molar-refractivity contribution < 1.29 is 4.79 Å². The Morgan fingerprint density at radius 3 is 2.77 bits per heavy atom. The first-order chi connectivity index (χ1) is 10.6. The Morgan fingerprint density at radius 2 is 2.00 bits per heavy atom. The molecular weight excluding hydrogens is 304 g/mol. The molecule has 1 amide bonds. The van der Waals surface area contributed by atoms with Crippen molar-refractivity contribution in [1.82, 2.24) is 20.5 Å². The van der Waals surface area contributed by atoms with Crippen molar-refractivity contribution in [2.24, 2.45) is 0 Å².